The van der Waals surface area contributed by atoms with Crippen molar-refractivity contribution in [1.29, 1.82) is 5.26 Å². The molecule has 0 aliphatic rings. The second-order valence-electron chi connectivity index (χ2n) is 3.38. The van der Waals surface area contributed by atoms with Crippen LogP contribution in [0.25, 0.3) is 6.08 Å². The summed E-state index contributed by atoms with van der Waals surface area (Å²) in [7, 11) is 0. The second kappa shape index (κ2) is 7.66. The Balaban J connectivity index is 2.64. The molecule has 1 atom stereocenters. The topological polar surface area (TPSA) is 52.9 Å². The molecule has 0 fully saturated rings. The van der Waals surface area contributed by atoms with Gasteiger partial charge >= 0.3 is 0 Å². The van der Waals surface area contributed by atoms with Crippen molar-refractivity contribution < 1.29 is 4.79 Å². The van der Waals surface area contributed by atoms with Crippen molar-refractivity contribution in [1.82, 2.24) is 5.32 Å². The standard InChI is InChI=1S/C12H9Cl3N2OS/c13-12(14,15)11(19-8-16)17-10(18)7-6-9-4-2-1-3-5-9/h1-7,11H,(H,17,18)/b7-6+. The Hall–Kier alpha value is -0.860. The molecule has 0 bridgehead atoms. The molecule has 1 N–H and O–H groups in total. The van der Waals surface area contributed by atoms with E-state index in [1.807, 2.05) is 30.3 Å². The fourth-order valence-corrected chi connectivity index (χ4v) is 2.12. The minimum Gasteiger partial charge on any atom is -0.336 e. The largest absolute Gasteiger partial charge is 0.336 e. The van der Waals surface area contributed by atoms with Gasteiger partial charge in [0.1, 0.15) is 10.8 Å². The maximum absolute atomic E-state index is 11.7. The number of hydrogen-bond donors (Lipinski definition) is 1. The van der Waals surface area contributed by atoms with E-state index < -0.39 is 15.1 Å². The lowest BCUT2D eigenvalue weighted by molar-refractivity contribution is -0.116. The van der Waals surface area contributed by atoms with Gasteiger partial charge in [-0.25, -0.2) is 0 Å². The molecular formula is C12H9Cl3N2OS. The van der Waals surface area contributed by atoms with Crippen molar-refractivity contribution in [2.24, 2.45) is 0 Å². The Morgan fingerprint density at radius 3 is 2.53 bits per heavy atom. The first-order valence-corrected chi connectivity index (χ1v) is 7.10. The van der Waals surface area contributed by atoms with E-state index in [4.69, 9.17) is 40.1 Å². The molecule has 0 spiro atoms. The van der Waals surface area contributed by atoms with Crippen LogP contribution in [0.15, 0.2) is 36.4 Å². The smallest absolute Gasteiger partial charge is 0.245 e. The van der Waals surface area contributed by atoms with Gasteiger partial charge in [-0.3, -0.25) is 4.79 Å². The molecule has 0 radical (unpaired) electrons. The number of nitrogens with zero attached hydrogens (tertiary/aromatic N) is 1. The van der Waals surface area contributed by atoms with Crippen molar-refractivity contribution in [2.75, 3.05) is 0 Å². The highest BCUT2D eigenvalue weighted by atomic mass is 35.6. The van der Waals surface area contributed by atoms with Crippen molar-refractivity contribution in [2.45, 2.75) is 9.17 Å². The molecular weight excluding hydrogens is 327 g/mol. The Morgan fingerprint density at radius 1 is 1.37 bits per heavy atom. The fraction of sp³-hybridized carbons (Fsp3) is 0.167. The number of carbonyl (C=O) groups is 1. The van der Waals surface area contributed by atoms with Crippen LogP contribution in [-0.4, -0.2) is 15.1 Å². The zero-order valence-electron chi connectivity index (χ0n) is 9.52. The molecule has 7 heteroatoms. The van der Waals surface area contributed by atoms with Gasteiger partial charge < -0.3 is 5.32 Å². The van der Waals surface area contributed by atoms with Crippen LogP contribution in [0.5, 0.6) is 0 Å². The molecule has 100 valence electrons. The van der Waals surface area contributed by atoms with Crippen LogP contribution in [-0.2, 0) is 4.79 Å². The van der Waals surface area contributed by atoms with Crippen LogP contribution in [0.3, 0.4) is 0 Å². The predicted molar refractivity (Wildman–Crippen MR) is 80.9 cm³/mol. The van der Waals surface area contributed by atoms with Crippen molar-refractivity contribution in [3.8, 4) is 5.40 Å². The lowest BCUT2D eigenvalue weighted by Gasteiger charge is -2.21. The number of halogens is 3. The molecule has 1 aromatic carbocycles. The third-order valence-corrected chi connectivity index (χ3v) is 3.82. The first-order chi connectivity index (χ1) is 8.93. The van der Waals surface area contributed by atoms with E-state index in [1.165, 1.54) is 6.08 Å². The van der Waals surface area contributed by atoms with Crippen LogP contribution in [0, 0.1) is 10.7 Å². The third kappa shape index (κ3) is 6.22. The summed E-state index contributed by atoms with van der Waals surface area (Å²) in [6, 6.07) is 9.28. The second-order valence-corrected chi connectivity index (χ2v) is 6.64. The number of nitriles is 1. The van der Waals surface area contributed by atoms with Crippen molar-refractivity contribution in [3.63, 3.8) is 0 Å². The average molecular weight is 336 g/mol. The fourth-order valence-electron chi connectivity index (χ4n) is 1.14. The summed E-state index contributed by atoms with van der Waals surface area (Å²) in [4.78, 5) is 11.7. The molecule has 0 heterocycles. The summed E-state index contributed by atoms with van der Waals surface area (Å²) in [5.74, 6) is -0.442. The Morgan fingerprint density at radius 2 is 2.00 bits per heavy atom. The monoisotopic (exact) mass is 334 g/mol. The lowest BCUT2D eigenvalue weighted by atomic mass is 10.2. The van der Waals surface area contributed by atoms with Gasteiger partial charge in [-0.1, -0.05) is 65.1 Å². The van der Waals surface area contributed by atoms with Gasteiger partial charge in [0.05, 0.1) is 0 Å². The molecule has 19 heavy (non-hydrogen) atoms. The van der Waals surface area contributed by atoms with Gasteiger partial charge in [0, 0.05) is 6.08 Å². The molecule has 1 amide bonds. The average Bonchev–Trinajstić information content (AvgIpc) is 2.36. The minimum atomic E-state index is -1.75. The summed E-state index contributed by atoms with van der Waals surface area (Å²) >= 11 is 17.7. The summed E-state index contributed by atoms with van der Waals surface area (Å²) in [6.45, 7) is 0. The zero-order chi connectivity index (χ0) is 14.3. The van der Waals surface area contributed by atoms with Crippen LogP contribution >= 0.6 is 46.6 Å². The van der Waals surface area contributed by atoms with Gasteiger partial charge in [0.2, 0.25) is 9.70 Å². The van der Waals surface area contributed by atoms with Gasteiger partial charge in [0.25, 0.3) is 0 Å². The number of carbonyl (C=O) groups excluding carboxylic acids is 1. The number of thiocyanates is 1. The highest BCUT2D eigenvalue weighted by Crippen LogP contribution is 2.35. The summed E-state index contributed by atoms with van der Waals surface area (Å²) in [6.07, 6.45) is 2.94. The summed E-state index contributed by atoms with van der Waals surface area (Å²) in [5.41, 5.74) is 0.871. The summed E-state index contributed by atoms with van der Waals surface area (Å²) in [5, 5.41) is 11.9. The maximum atomic E-state index is 11.7. The van der Waals surface area contributed by atoms with Gasteiger partial charge in [-0.05, 0) is 23.4 Å². The number of thioether (sulfide) groups is 1. The molecule has 0 aliphatic carbocycles. The van der Waals surface area contributed by atoms with E-state index >= 15 is 0 Å². The van der Waals surface area contributed by atoms with Gasteiger partial charge in [-0.15, -0.1) is 0 Å². The van der Waals surface area contributed by atoms with Gasteiger partial charge in [-0.2, -0.15) is 5.26 Å². The molecule has 0 saturated carbocycles. The molecule has 1 rings (SSSR count). The van der Waals surface area contributed by atoms with Crippen molar-refractivity contribution in [3.05, 3.63) is 42.0 Å². The lowest BCUT2D eigenvalue weighted by Crippen LogP contribution is -2.40. The van der Waals surface area contributed by atoms with E-state index in [0.717, 1.165) is 5.56 Å². The number of alkyl halides is 3. The highest BCUT2D eigenvalue weighted by molar-refractivity contribution is 8.04. The van der Waals surface area contributed by atoms with Crippen LogP contribution in [0.4, 0.5) is 0 Å². The molecule has 3 nitrogen and oxygen atoms in total. The zero-order valence-corrected chi connectivity index (χ0v) is 12.6. The first kappa shape index (κ1) is 16.2. The van der Waals surface area contributed by atoms with Crippen LogP contribution in [0.2, 0.25) is 0 Å². The number of benzene rings is 1. The Labute approximate surface area is 130 Å². The van der Waals surface area contributed by atoms with E-state index in [9.17, 15) is 4.79 Å². The molecule has 0 aromatic heterocycles. The molecule has 0 saturated heterocycles. The number of amides is 1. The molecule has 0 aliphatic heterocycles. The first-order valence-electron chi connectivity index (χ1n) is 5.08. The highest BCUT2D eigenvalue weighted by Gasteiger charge is 2.34. The quantitative estimate of drug-likeness (QED) is 0.395. The number of hydrogen-bond acceptors (Lipinski definition) is 3. The minimum absolute atomic E-state index is 0.442. The normalized spacial score (nSPS) is 12.9. The number of rotatable bonds is 4. The Kier molecular flexibility index (Phi) is 6.53. The SMILES string of the molecule is N#CSC(NC(=O)/C=C/c1ccccc1)C(Cl)(Cl)Cl. The van der Waals surface area contributed by atoms with E-state index in [1.54, 1.807) is 11.5 Å². The van der Waals surface area contributed by atoms with Gasteiger partial charge in [0.15, 0.2) is 0 Å². The maximum Gasteiger partial charge on any atom is 0.245 e. The van der Waals surface area contributed by atoms with E-state index in [-0.39, 0.29) is 0 Å². The van der Waals surface area contributed by atoms with Crippen LogP contribution in [0.1, 0.15) is 5.56 Å². The Bertz CT molecular complexity index is 494. The van der Waals surface area contributed by atoms with Crippen molar-refractivity contribution >= 4 is 58.5 Å². The third-order valence-electron chi connectivity index (χ3n) is 1.97. The number of nitrogens with one attached hydrogen (secondary N) is 1. The van der Waals surface area contributed by atoms with Crippen LogP contribution < -0.4 is 5.32 Å². The summed E-state index contributed by atoms with van der Waals surface area (Å²) < 4.78 is -1.75. The molecule has 1 aromatic rings. The van der Waals surface area contributed by atoms with E-state index in [0.29, 0.717) is 11.8 Å². The van der Waals surface area contributed by atoms with E-state index in [2.05, 4.69) is 5.32 Å². The predicted octanol–water partition coefficient (Wildman–Crippen LogP) is 3.73. The molecule has 1 unspecified atom stereocenters.